The summed E-state index contributed by atoms with van der Waals surface area (Å²) in [4.78, 5) is 15.3. The molecule has 24 heavy (non-hydrogen) atoms. The van der Waals surface area contributed by atoms with Gasteiger partial charge in [-0.05, 0) is 42.3 Å². The first-order chi connectivity index (χ1) is 11.4. The summed E-state index contributed by atoms with van der Waals surface area (Å²) < 4.78 is 0. The lowest BCUT2D eigenvalue weighted by Gasteiger charge is -2.16. The number of nitrogens with two attached hydrogens (primary N) is 2. The van der Waals surface area contributed by atoms with Gasteiger partial charge in [0.15, 0.2) is 5.96 Å². The number of halogens is 2. The second-order valence-electron chi connectivity index (χ2n) is 5.29. The quantitative estimate of drug-likeness (QED) is 0.561. The number of amides is 1. The summed E-state index contributed by atoms with van der Waals surface area (Å²) in [7, 11) is 0. The normalized spacial score (nSPS) is 12.7. The van der Waals surface area contributed by atoms with Gasteiger partial charge in [0.05, 0.1) is 12.6 Å². The molecular formula is C17H18Cl2N4O. The van der Waals surface area contributed by atoms with Gasteiger partial charge in [-0.1, -0.05) is 41.4 Å². The Kier molecular flexibility index (Phi) is 6.06. The fourth-order valence-corrected chi connectivity index (χ4v) is 2.72. The van der Waals surface area contributed by atoms with E-state index < -0.39 is 5.91 Å². The number of hydrogen-bond donors (Lipinski definition) is 3. The molecule has 0 bridgehead atoms. The third-order valence-electron chi connectivity index (χ3n) is 3.46. The molecule has 0 aliphatic heterocycles. The first-order valence-electron chi connectivity index (χ1n) is 7.27. The van der Waals surface area contributed by atoms with E-state index in [0.717, 1.165) is 11.1 Å². The standard InChI is InChI=1S/C17H18Cl2N4O/c1-10(14-7-6-13(18)8-15(14)19)23-17(21)22-9-11-2-4-12(5-3-11)16(20)24/h2-8,10H,9H2,1H3,(H2,20,24)(H3,21,22,23). The van der Waals surface area contributed by atoms with Gasteiger partial charge < -0.3 is 16.8 Å². The molecule has 2 rings (SSSR count). The number of benzene rings is 2. The summed E-state index contributed by atoms with van der Waals surface area (Å²) in [5.74, 6) is -0.160. The van der Waals surface area contributed by atoms with Crippen LogP contribution >= 0.6 is 23.2 Å². The van der Waals surface area contributed by atoms with Gasteiger partial charge in [0.2, 0.25) is 5.91 Å². The van der Waals surface area contributed by atoms with Crippen molar-refractivity contribution in [1.82, 2.24) is 5.32 Å². The fraction of sp³-hybridized carbons (Fsp3) is 0.176. The maximum atomic E-state index is 11.0. The van der Waals surface area contributed by atoms with E-state index in [1.54, 1.807) is 36.4 Å². The lowest BCUT2D eigenvalue weighted by molar-refractivity contribution is 0.100. The van der Waals surface area contributed by atoms with Crippen molar-refractivity contribution in [3.8, 4) is 0 Å². The van der Waals surface area contributed by atoms with Crippen LogP contribution in [0, 0.1) is 0 Å². The smallest absolute Gasteiger partial charge is 0.248 e. The van der Waals surface area contributed by atoms with Crippen LogP contribution in [0.3, 0.4) is 0 Å². The van der Waals surface area contributed by atoms with Crippen molar-refractivity contribution in [2.45, 2.75) is 19.5 Å². The number of primary amides is 1. The molecule has 0 saturated heterocycles. The molecule has 126 valence electrons. The van der Waals surface area contributed by atoms with E-state index in [1.165, 1.54) is 0 Å². The number of guanidine groups is 1. The van der Waals surface area contributed by atoms with E-state index >= 15 is 0 Å². The minimum atomic E-state index is -0.458. The lowest BCUT2D eigenvalue weighted by Crippen LogP contribution is -2.34. The molecule has 1 amide bonds. The van der Waals surface area contributed by atoms with Gasteiger partial charge in [0.1, 0.15) is 0 Å². The first kappa shape index (κ1) is 18.1. The highest BCUT2D eigenvalue weighted by atomic mass is 35.5. The summed E-state index contributed by atoms with van der Waals surface area (Å²) >= 11 is 12.1. The molecule has 1 unspecified atom stereocenters. The maximum absolute atomic E-state index is 11.0. The van der Waals surface area contributed by atoms with Crippen molar-refractivity contribution in [2.24, 2.45) is 16.5 Å². The van der Waals surface area contributed by atoms with E-state index in [1.807, 2.05) is 13.0 Å². The maximum Gasteiger partial charge on any atom is 0.248 e. The topological polar surface area (TPSA) is 93.5 Å². The number of hydrogen-bond acceptors (Lipinski definition) is 2. The number of nitrogens with zero attached hydrogens (tertiary/aromatic N) is 1. The minimum absolute atomic E-state index is 0.115. The third-order valence-corrected chi connectivity index (χ3v) is 4.03. The van der Waals surface area contributed by atoms with E-state index in [4.69, 9.17) is 34.7 Å². The average molecular weight is 365 g/mol. The van der Waals surface area contributed by atoms with Crippen LogP contribution in [0.25, 0.3) is 0 Å². The van der Waals surface area contributed by atoms with Crippen LogP contribution < -0.4 is 16.8 Å². The van der Waals surface area contributed by atoms with Crippen molar-refractivity contribution < 1.29 is 4.79 Å². The zero-order valence-electron chi connectivity index (χ0n) is 13.1. The van der Waals surface area contributed by atoms with Gasteiger partial charge in [-0.3, -0.25) is 4.79 Å². The monoisotopic (exact) mass is 364 g/mol. The van der Waals surface area contributed by atoms with Gasteiger partial charge in [-0.25, -0.2) is 4.99 Å². The Bertz CT molecular complexity index is 760. The van der Waals surface area contributed by atoms with Gasteiger partial charge in [-0.2, -0.15) is 0 Å². The van der Waals surface area contributed by atoms with Crippen molar-refractivity contribution >= 4 is 35.1 Å². The molecule has 7 heteroatoms. The largest absolute Gasteiger partial charge is 0.370 e. The molecule has 0 aliphatic carbocycles. The SMILES string of the molecule is CC(NC(N)=NCc1ccc(C(N)=O)cc1)c1ccc(Cl)cc1Cl. The number of aliphatic imine (C=N–C) groups is 1. The van der Waals surface area contributed by atoms with Crippen LogP contribution in [0.4, 0.5) is 0 Å². The van der Waals surface area contributed by atoms with E-state index in [0.29, 0.717) is 28.1 Å². The van der Waals surface area contributed by atoms with Crippen LogP contribution in [0.2, 0.25) is 10.0 Å². The average Bonchev–Trinajstić information content (AvgIpc) is 2.53. The van der Waals surface area contributed by atoms with Crippen molar-refractivity contribution in [3.05, 3.63) is 69.2 Å². The number of carbonyl (C=O) groups excluding carboxylic acids is 1. The molecular weight excluding hydrogens is 347 g/mol. The molecule has 0 fully saturated rings. The Morgan fingerprint density at radius 2 is 1.83 bits per heavy atom. The molecule has 5 nitrogen and oxygen atoms in total. The van der Waals surface area contributed by atoms with E-state index in [2.05, 4.69) is 10.3 Å². The second-order valence-corrected chi connectivity index (χ2v) is 6.14. The summed E-state index contributed by atoms with van der Waals surface area (Å²) in [5, 5.41) is 4.23. The van der Waals surface area contributed by atoms with Crippen LogP contribution in [0.1, 0.15) is 34.5 Å². The molecule has 0 aromatic heterocycles. The lowest BCUT2D eigenvalue weighted by atomic mass is 10.1. The zero-order valence-corrected chi connectivity index (χ0v) is 14.6. The highest BCUT2D eigenvalue weighted by Gasteiger charge is 2.10. The summed E-state index contributed by atoms with van der Waals surface area (Å²) in [5.41, 5.74) is 13.4. The molecule has 0 radical (unpaired) electrons. The summed E-state index contributed by atoms with van der Waals surface area (Å²) in [6.45, 7) is 2.32. The van der Waals surface area contributed by atoms with Gasteiger partial charge >= 0.3 is 0 Å². The summed E-state index contributed by atoms with van der Waals surface area (Å²) in [6.07, 6.45) is 0. The first-order valence-corrected chi connectivity index (χ1v) is 8.02. The molecule has 2 aromatic rings. The molecule has 1 atom stereocenters. The molecule has 0 aliphatic rings. The third kappa shape index (κ3) is 4.88. The minimum Gasteiger partial charge on any atom is -0.370 e. The van der Waals surface area contributed by atoms with Gasteiger partial charge in [-0.15, -0.1) is 0 Å². The Balaban J connectivity index is 1.99. The Labute approximate surface area is 150 Å². The van der Waals surface area contributed by atoms with Gasteiger partial charge in [0, 0.05) is 15.6 Å². The predicted octanol–water partition coefficient (Wildman–Crippen LogP) is 3.26. The second kappa shape index (κ2) is 8.04. The molecule has 2 aromatic carbocycles. The van der Waals surface area contributed by atoms with Crippen LogP contribution in [0.5, 0.6) is 0 Å². The van der Waals surface area contributed by atoms with E-state index in [-0.39, 0.29) is 6.04 Å². The van der Waals surface area contributed by atoms with Crippen LogP contribution in [0.15, 0.2) is 47.5 Å². The van der Waals surface area contributed by atoms with Crippen molar-refractivity contribution in [3.63, 3.8) is 0 Å². The van der Waals surface area contributed by atoms with Crippen molar-refractivity contribution in [2.75, 3.05) is 0 Å². The summed E-state index contributed by atoms with van der Waals surface area (Å²) in [6, 6.07) is 12.1. The van der Waals surface area contributed by atoms with E-state index in [9.17, 15) is 4.79 Å². The number of carbonyl (C=O) groups is 1. The van der Waals surface area contributed by atoms with Crippen LogP contribution in [-0.4, -0.2) is 11.9 Å². The highest BCUT2D eigenvalue weighted by molar-refractivity contribution is 6.35. The highest BCUT2D eigenvalue weighted by Crippen LogP contribution is 2.25. The zero-order chi connectivity index (χ0) is 17.7. The Morgan fingerprint density at radius 3 is 2.42 bits per heavy atom. The molecule has 5 N–H and O–H groups in total. The van der Waals surface area contributed by atoms with Crippen molar-refractivity contribution in [1.29, 1.82) is 0 Å². The number of nitrogens with one attached hydrogen (secondary N) is 1. The fourth-order valence-electron chi connectivity index (χ4n) is 2.15. The molecule has 0 spiro atoms. The predicted molar refractivity (Wildman–Crippen MR) is 98.3 cm³/mol. The van der Waals surface area contributed by atoms with Gasteiger partial charge in [0.25, 0.3) is 0 Å². The van der Waals surface area contributed by atoms with Crippen LogP contribution in [-0.2, 0) is 6.54 Å². The Morgan fingerprint density at radius 1 is 1.17 bits per heavy atom. The number of rotatable bonds is 5. The Hall–Kier alpha value is -2.24. The molecule has 0 heterocycles. The molecule has 0 saturated carbocycles.